The monoisotopic (exact) mass is 361 g/mol. The molecular weight excluding hydrogens is 338 g/mol. The molecule has 3 aromatic rings. The Hall–Kier alpha value is -2.39. The lowest BCUT2D eigenvalue weighted by Gasteiger charge is -2.28. The molecule has 0 unspecified atom stereocenters. The normalized spacial score (nSPS) is 14.4. The molecule has 0 radical (unpaired) electrons. The first-order valence-corrected chi connectivity index (χ1v) is 10.1. The molecule has 1 aromatic heterocycles. The molecule has 0 N–H and O–H groups in total. The fraction of sp³-hybridized carbons (Fsp3) is 0.261. The minimum atomic E-state index is 0.121. The predicted molar refractivity (Wildman–Crippen MR) is 110 cm³/mol. The van der Waals surface area contributed by atoms with Crippen molar-refractivity contribution in [3.8, 4) is 11.1 Å². The Morgan fingerprint density at radius 3 is 2.31 bits per heavy atom. The van der Waals surface area contributed by atoms with Crippen molar-refractivity contribution in [2.24, 2.45) is 0 Å². The minimum Gasteiger partial charge on any atom is -0.363 e. The predicted octanol–water partition coefficient (Wildman–Crippen LogP) is 5.94. The Balaban J connectivity index is 1.75. The van der Waals surface area contributed by atoms with Crippen molar-refractivity contribution >= 4 is 22.1 Å². The number of anilines is 1. The summed E-state index contributed by atoms with van der Waals surface area (Å²) in [7, 11) is 0. The number of thiophene rings is 1. The van der Waals surface area contributed by atoms with Crippen LogP contribution < -0.4 is 4.90 Å². The zero-order chi connectivity index (χ0) is 17.9. The Morgan fingerprint density at radius 2 is 1.62 bits per heavy atom. The van der Waals surface area contributed by atoms with Crippen molar-refractivity contribution in [1.82, 2.24) is 0 Å². The van der Waals surface area contributed by atoms with E-state index in [-0.39, 0.29) is 5.78 Å². The smallest absolute Gasteiger partial charge is 0.203 e. The summed E-state index contributed by atoms with van der Waals surface area (Å²) in [5.74, 6) is 0.121. The number of piperidine rings is 1. The molecule has 1 aliphatic heterocycles. The molecule has 0 spiro atoms. The van der Waals surface area contributed by atoms with Gasteiger partial charge in [-0.25, -0.2) is 0 Å². The molecule has 0 saturated carbocycles. The Morgan fingerprint density at radius 1 is 0.923 bits per heavy atom. The molecule has 1 saturated heterocycles. The van der Waals surface area contributed by atoms with Gasteiger partial charge in [-0.3, -0.25) is 4.79 Å². The molecule has 4 rings (SSSR count). The number of hydrogen-bond donors (Lipinski definition) is 0. The number of benzene rings is 2. The lowest BCUT2D eigenvalue weighted by molar-refractivity contribution is 0.104. The Labute approximate surface area is 159 Å². The van der Waals surface area contributed by atoms with Crippen molar-refractivity contribution in [3.05, 3.63) is 76.7 Å². The quantitative estimate of drug-likeness (QED) is 0.536. The summed E-state index contributed by atoms with van der Waals surface area (Å²) in [5.41, 5.74) is 4.31. The van der Waals surface area contributed by atoms with E-state index in [1.54, 1.807) is 11.3 Å². The van der Waals surface area contributed by atoms with Crippen LogP contribution in [0.2, 0.25) is 0 Å². The summed E-state index contributed by atoms with van der Waals surface area (Å²) in [5, 5.41) is 1.24. The number of carbonyl (C=O) groups excluding carboxylic acids is 1. The van der Waals surface area contributed by atoms with Crippen LogP contribution in [0.4, 0.5) is 5.00 Å². The average molecular weight is 362 g/mol. The first-order chi connectivity index (χ1) is 12.7. The molecule has 2 heterocycles. The Kier molecular flexibility index (Phi) is 4.89. The van der Waals surface area contributed by atoms with Crippen LogP contribution in [0.3, 0.4) is 0 Å². The number of hydrogen-bond acceptors (Lipinski definition) is 3. The first kappa shape index (κ1) is 17.0. The van der Waals surface area contributed by atoms with E-state index in [0.29, 0.717) is 0 Å². The van der Waals surface area contributed by atoms with E-state index in [1.807, 2.05) is 37.3 Å². The van der Waals surface area contributed by atoms with Gasteiger partial charge in [-0.2, -0.15) is 0 Å². The highest BCUT2D eigenvalue weighted by Crippen LogP contribution is 2.40. The summed E-state index contributed by atoms with van der Waals surface area (Å²) in [6.45, 7) is 4.21. The molecule has 26 heavy (non-hydrogen) atoms. The summed E-state index contributed by atoms with van der Waals surface area (Å²) in [6, 6.07) is 20.4. The van der Waals surface area contributed by atoms with E-state index in [4.69, 9.17) is 0 Å². The molecule has 2 nitrogen and oxygen atoms in total. The molecule has 0 atom stereocenters. The van der Waals surface area contributed by atoms with Gasteiger partial charge in [0.05, 0.1) is 9.88 Å². The highest BCUT2D eigenvalue weighted by atomic mass is 32.1. The molecule has 3 heteroatoms. The molecule has 1 aliphatic rings. The van der Waals surface area contributed by atoms with Crippen molar-refractivity contribution in [2.75, 3.05) is 18.0 Å². The fourth-order valence-electron chi connectivity index (χ4n) is 3.50. The van der Waals surface area contributed by atoms with Crippen LogP contribution in [-0.4, -0.2) is 18.9 Å². The van der Waals surface area contributed by atoms with Crippen molar-refractivity contribution < 1.29 is 4.79 Å². The third-order valence-corrected chi connectivity index (χ3v) is 6.17. The maximum atomic E-state index is 13.0. The van der Waals surface area contributed by atoms with Crippen LogP contribution >= 0.6 is 11.3 Å². The second kappa shape index (κ2) is 7.46. The van der Waals surface area contributed by atoms with Gasteiger partial charge in [0.2, 0.25) is 5.78 Å². The zero-order valence-electron chi connectivity index (χ0n) is 15.1. The molecule has 132 valence electrons. The van der Waals surface area contributed by atoms with Gasteiger partial charge in [0.15, 0.2) is 0 Å². The standard InChI is InChI=1S/C23H23NOS/c1-17-10-12-19(13-11-17)22(25)21-16-20(18-8-4-2-5-9-18)23(26-21)24-14-6-3-7-15-24/h2,4-5,8-13,16H,3,6-7,14-15H2,1H3. The fourth-order valence-corrected chi connectivity index (χ4v) is 4.69. The third-order valence-electron chi connectivity index (χ3n) is 4.98. The highest BCUT2D eigenvalue weighted by molar-refractivity contribution is 7.18. The van der Waals surface area contributed by atoms with Crippen molar-refractivity contribution in [3.63, 3.8) is 0 Å². The maximum Gasteiger partial charge on any atom is 0.203 e. The van der Waals surface area contributed by atoms with Crippen LogP contribution in [0.5, 0.6) is 0 Å². The van der Waals surface area contributed by atoms with E-state index in [2.05, 4.69) is 35.2 Å². The van der Waals surface area contributed by atoms with Gasteiger partial charge in [0, 0.05) is 24.2 Å². The number of ketones is 1. The molecule has 0 amide bonds. The minimum absolute atomic E-state index is 0.121. The highest BCUT2D eigenvalue weighted by Gasteiger charge is 2.22. The van der Waals surface area contributed by atoms with Crippen LogP contribution in [0.1, 0.15) is 40.1 Å². The van der Waals surface area contributed by atoms with E-state index < -0.39 is 0 Å². The molecule has 1 fully saturated rings. The van der Waals surface area contributed by atoms with Gasteiger partial charge in [0.25, 0.3) is 0 Å². The number of nitrogens with zero attached hydrogens (tertiary/aromatic N) is 1. The number of carbonyl (C=O) groups is 1. The van der Waals surface area contributed by atoms with Crippen LogP contribution in [-0.2, 0) is 0 Å². The second-order valence-corrected chi connectivity index (χ2v) is 7.97. The van der Waals surface area contributed by atoms with Gasteiger partial charge in [-0.1, -0.05) is 60.2 Å². The maximum absolute atomic E-state index is 13.0. The Bertz CT molecular complexity index is 890. The van der Waals surface area contributed by atoms with Crippen LogP contribution in [0.25, 0.3) is 11.1 Å². The lowest BCUT2D eigenvalue weighted by Crippen LogP contribution is -2.28. The van der Waals surface area contributed by atoms with E-state index >= 15 is 0 Å². The summed E-state index contributed by atoms with van der Waals surface area (Å²) in [4.78, 5) is 16.3. The van der Waals surface area contributed by atoms with Crippen LogP contribution in [0.15, 0.2) is 60.7 Å². The van der Waals surface area contributed by atoms with Gasteiger partial charge in [0.1, 0.15) is 0 Å². The molecule has 0 aliphatic carbocycles. The molecule has 0 bridgehead atoms. The van der Waals surface area contributed by atoms with Crippen molar-refractivity contribution in [2.45, 2.75) is 26.2 Å². The van der Waals surface area contributed by atoms with Crippen molar-refractivity contribution in [1.29, 1.82) is 0 Å². The second-order valence-electron chi connectivity index (χ2n) is 6.94. The summed E-state index contributed by atoms with van der Waals surface area (Å²) >= 11 is 1.64. The van der Waals surface area contributed by atoms with Gasteiger partial charge < -0.3 is 4.90 Å². The summed E-state index contributed by atoms with van der Waals surface area (Å²) < 4.78 is 0. The van der Waals surface area contributed by atoms with E-state index in [1.165, 1.54) is 41.0 Å². The van der Waals surface area contributed by atoms with E-state index in [9.17, 15) is 4.79 Å². The SMILES string of the molecule is Cc1ccc(C(=O)c2cc(-c3ccccc3)c(N3CCCCC3)s2)cc1. The third kappa shape index (κ3) is 3.45. The van der Waals surface area contributed by atoms with E-state index in [0.717, 1.165) is 23.5 Å². The molecule has 2 aromatic carbocycles. The lowest BCUT2D eigenvalue weighted by atomic mass is 10.0. The number of aryl methyl sites for hydroxylation is 1. The van der Waals surface area contributed by atoms with Gasteiger partial charge >= 0.3 is 0 Å². The molecular formula is C23H23NOS. The zero-order valence-corrected chi connectivity index (χ0v) is 15.9. The number of rotatable bonds is 4. The largest absolute Gasteiger partial charge is 0.363 e. The van der Waals surface area contributed by atoms with Gasteiger partial charge in [-0.15, -0.1) is 11.3 Å². The summed E-state index contributed by atoms with van der Waals surface area (Å²) in [6.07, 6.45) is 3.76. The van der Waals surface area contributed by atoms with Crippen LogP contribution in [0, 0.1) is 6.92 Å². The first-order valence-electron chi connectivity index (χ1n) is 9.28. The average Bonchev–Trinajstić information content (AvgIpc) is 3.15. The topological polar surface area (TPSA) is 20.3 Å². The van der Waals surface area contributed by atoms with Gasteiger partial charge in [-0.05, 0) is 37.8 Å².